The van der Waals surface area contributed by atoms with Crippen molar-refractivity contribution in [2.75, 3.05) is 0 Å². The van der Waals surface area contributed by atoms with E-state index < -0.39 is 0 Å². The minimum absolute atomic E-state index is 0.0396. The van der Waals surface area contributed by atoms with Crippen LogP contribution >= 0.6 is 34.5 Å². The van der Waals surface area contributed by atoms with Crippen molar-refractivity contribution in [1.29, 1.82) is 0 Å². The molecule has 0 radical (unpaired) electrons. The van der Waals surface area contributed by atoms with E-state index in [0.29, 0.717) is 15.6 Å². The predicted octanol–water partition coefficient (Wildman–Crippen LogP) is 4.90. The third kappa shape index (κ3) is 2.54. The van der Waals surface area contributed by atoms with Crippen molar-refractivity contribution in [3.8, 4) is 0 Å². The first-order valence-electron chi connectivity index (χ1n) is 5.06. The molecule has 0 atom stereocenters. The van der Waals surface area contributed by atoms with E-state index >= 15 is 0 Å². The first-order chi connectivity index (χ1) is 7.99. The van der Waals surface area contributed by atoms with Gasteiger partial charge < -0.3 is 0 Å². The van der Waals surface area contributed by atoms with E-state index in [-0.39, 0.29) is 5.78 Å². The molecule has 1 aromatic carbocycles. The smallest absolute Gasteiger partial charge is 0.204 e. The molecule has 88 valence electrons. The van der Waals surface area contributed by atoms with Gasteiger partial charge in [-0.25, -0.2) is 0 Å². The van der Waals surface area contributed by atoms with Gasteiger partial charge in [-0.1, -0.05) is 23.2 Å². The van der Waals surface area contributed by atoms with E-state index in [4.69, 9.17) is 23.2 Å². The van der Waals surface area contributed by atoms with E-state index in [0.717, 1.165) is 15.3 Å². The Morgan fingerprint density at radius 1 is 1.18 bits per heavy atom. The highest BCUT2D eigenvalue weighted by atomic mass is 35.5. The summed E-state index contributed by atoms with van der Waals surface area (Å²) in [6.45, 7) is 3.92. The van der Waals surface area contributed by atoms with Crippen molar-refractivity contribution in [3.63, 3.8) is 0 Å². The number of hydrogen-bond donors (Lipinski definition) is 0. The summed E-state index contributed by atoms with van der Waals surface area (Å²) in [4.78, 5) is 14.2. The summed E-state index contributed by atoms with van der Waals surface area (Å²) in [7, 11) is 0. The molecule has 4 heteroatoms. The molecular weight excluding hydrogens is 275 g/mol. The van der Waals surface area contributed by atoms with Gasteiger partial charge in [-0.2, -0.15) is 0 Å². The maximum absolute atomic E-state index is 12.3. The Morgan fingerprint density at radius 2 is 1.88 bits per heavy atom. The number of carbonyl (C=O) groups is 1. The second-order valence-electron chi connectivity index (χ2n) is 3.82. The summed E-state index contributed by atoms with van der Waals surface area (Å²) < 4.78 is 0. The van der Waals surface area contributed by atoms with Crippen LogP contribution in [0.4, 0.5) is 0 Å². The number of halogens is 2. The summed E-state index contributed by atoms with van der Waals surface area (Å²) in [6, 6.07) is 6.94. The topological polar surface area (TPSA) is 17.1 Å². The van der Waals surface area contributed by atoms with E-state index in [1.54, 1.807) is 18.2 Å². The summed E-state index contributed by atoms with van der Waals surface area (Å²) in [6.07, 6.45) is 0. The van der Waals surface area contributed by atoms with Crippen LogP contribution in [-0.4, -0.2) is 5.78 Å². The SMILES string of the molecule is Cc1cc(C)c(C(=O)c2ccc(Cl)cc2Cl)s1. The number of aryl methyl sites for hydroxylation is 2. The third-order valence-corrected chi connectivity index (χ3v) is 4.12. The Hall–Kier alpha value is -0.830. The van der Waals surface area contributed by atoms with Gasteiger partial charge in [0.1, 0.15) is 0 Å². The molecule has 0 aliphatic carbocycles. The largest absolute Gasteiger partial charge is 0.288 e. The molecule has 2 rings (SSSR count). The van der Waals surface area contributed by atoms with E-state index in [2.05, 4.69) is 0 Å². The highest BCUT2D eigenvalue weighted by molar-refractivity contribution is 7.14. The molecule has 0 spiro atoms. The summed E-state index contributed by atoms with van der Waals surface area (Å²) in [5, 5.41) is 0.929. The van der Waals surface area contributed by atoms with Crippen LogP contribution in [0.2, 0.25) is 10.0 Å². The van der Waals surface area contributed by atoms with Crippen molar-refractivity contribution in [2.24, 2.45) is 0 Å². The Balaban J connectivity index is 2.47. The third-order valence-electron chi connectivity index (χ3n) is 2.42. The molecule has 2 aromatic rings. The molecule has 17 heavy (non-hydrogen) atoms. The Kier molecular flexibility index (Phi) is 3.57. The lowest BCUT2D eigenvalue weighted by Crippen LogP contribution is -2.01. The fraction of sp³-hybridized carbons (Fsp3) is 0.154. The van der Waals surface area contributed by atoms with E-state index in [1.807, 2.05) is 19.9 Å². The lowest BCUT2D eigenvalue weighted by molar-refractivity contribution is 0.104. The Labute approximate surface area is 114 Å². The van der Waals surface area contributed by atoms with Crippen LogP contribution in [-0.2, 0) is 0 Å². The second-order valence-corrected chi connectivity index (χ2v) is 5.92. The van der Waals surface area contributed by atoms with Gasteiger partial charge in [0.25, 0.3) is 0 Å². The molecule has 0 bridgehead atoms. The van der Waals surface area contributed by atoms with Crippen LogP contribution in [0, 0.1) is 13.8 Å². The van der Waals surface area contributed by atoms with Gasteiger partial charge in [0.05, 0.1) is 9.90 Å². The fourth-order valence-electron chi connectivity index (χ4n) is 1.66. The quantitative estimate of drug-likeness (QED) is 0.717. The van der Waals surface area contributed by atoms with Gasteiger partial charge in [-0.3, -0.25) is 4.79 Å². The zero-order valence-electron chi connectivity index (χ0n) is 9.38. The highest BCUT2D eigenvalue weighted by Crippen LogP contribution is 2.28. The maximum Gasteiger partial charge on any atom is 0.204 e. The average Bonchev–Trinajstić information content (AvgIpc) is 2.57. The van der Waals surface area contributed by atoms with Crippen LogP contribution in [0.1, 0.15) is 25.7 Å². The van der Waals surface area contributed by atoms with Crippen molar-refractivity contribution in [1.82, 2.24) is 0 Å². The minimum atomic E-state index is -0.0396. The minimum Gasteiger partial charge on any atom is -0.288 e. The van der Waals surface area contributed by atoms with Crippen LogP contribution in [0.25, 0.3) is 0 Å². The standard InChI is InChI=1S/C13H10Cl2OS/c1-7-5-8(2)17-13(7)12(16)10-4-3-9(14)6-11(10)15/h3-6H,1-2H3. The molecule has 0 unspecified atom stereocenters. The Morgan fingerprint density at radius 3 is 2.41 bits per heavy atom. The fourth-order valence-corrected chi connectivity index (χ4v) is 3.14. The van der Waals surface area contributed by atoms with E-state index in [9.17, 15) is 4.79 Å². The number of carbonyl (C=O) groups excluding carboxylic acids is 1. The number of thiophene rings is 1. The average molecular weight is 285 g/mol. The summed E-state index contributed by atoms with van der Waals surface area (Å²) in [5.74, 6) is -0.0396. The summed E-state index contributed by atoms with van der Waals surface area (Å²) >= 11 is 13.3. The molecule has 0 amide bonds. The lowest BCUT2D eigenvalue weighted by atomic mass is 10.1. The predicted molar refractivity (Wildman–Crippen MR) is 73.7 cm³/mol. The number of benzene rings is 1. The molecule has 0 N–H and O–H groups in total. The van der Waals surface area contributed by atoms with Gasteiger partial charge in [-0.05, 0) is 43.7 Å². The van der Waals surface area contributed by atoms with Crippen LogP contribution < -0.4 is 0 Å². The van der Waals surface area contributed by atoms with Crippen LogP contribution in [0.5, 0.6) is 0 Å². The molecule has 1 aromatic heterocycles. The van der Waals surface area contributed by atoms with Crippen molar-refractivity contribution < 1.29 is 4.79 Å². The molecule has 1 heterocycles. The van der Waals surface area contributed by atoms with Crippen molar-refractivity contribution in [2.45, 2.75) is 13.8 Å². The monoisotopic (exact) mass is 284 g/mol. The molecule has 0 saturated carbocycles. The van der Waals surface area contributed by atoms with Crippen molar-refractivity contribution in [3.05, 3.63) is 55.2 Å². The van der Waals surface area contributed by atoms with E-state index in [1.165, 1.54) is 11.3 Å². The van der Waals surface area contributed by atoms with Gasteiger partial charge >= 0.3 is 0 Å². The first kappa shape index (κ1) is 12.6. The maximum atomic E-state index is 12.3. The Bertz CT molecular complexity index is 587. The molecule has 0 fully saturated rings. The normalized spacial score (nSPS) is 10.6. The second kappa shape index (κ2) is 4.81. The van der Waals surface area contributed by atoms with Gasteiger partial charge in [0.2, 0.25) is 5.78 Å². The molecule has 0 aliphatic rings. The van der Waals surface area contributed by atoms with Crippen LogP contribution in [0.3, 0.4) is 0 Å². The number of ketones is 1. The zero-order valence-corrected chi connectivity index (χ0v) is 11.7. The molecular formula is C13H10Cl2OS. The first-order valence-corrected chi connectivity index (χ1v) is 6.63. The molecule has 1 nitrogen and oxygen atoms in total. The van der Waals surface area contributed by atoms with Crippen molar-refractivity contribution >= 4 is 40.3 Å². The van der Waals surface area contributed by atoms with Gasteiger partial charge in [0, 0.05) is 15.5 Å². The molecule has 0 saturated heterocycles. The summed E-state index contributed by atoms with van der Waals surface area (Å²) in [5.41, 5.74) is 1.49. The van der Waals surface area contributed by atoms with Crippen LogP contribution in [0.15, 0.2) is 24.3 Å². The molecule has 0 aliphatic heterocycles. The number of hydrogen-bond acceptors (Lipinski definition) is 2. The highest BCUT2D eigenvalue weighted by Gasteiger charge is 2.17. The lowest BCUT2D eigenvalue weighted by Gasteiger charge is -2.03. The zero-order chi connectivity index (χ0) is 12.6. The number of rotatable bonds is 2. The van der Waals surface area contributed by atoms with Gasteiger partial charge in [-0.15, -0.1) is 11.3 Å². The van der Waals surface area contributed by atoms with Gasteiger partial charge in [0.15, 0.2) is 0 Å².